The molecule has 16 heteroatoms. The predicted octanol–water partition coefficient (Wildman–Crippen LogP) is 10.5. The SMILES string of the molecule is Cc1ccc(-c2cc(Cl)cc3c2OC(C(F)(F)F)C(C(=O)O)=C3)cc1F.Cc1ccc(-c2cc(Cl)cc3c2O[C@H](C(F)(F)F)C(C(=O)O)=C3)cc1F. The molecule has 52 heavy (non-hydrogen) atoms. The van der Waals surface area contributed by atoms with Crippen molar-refractivity contribution in [2.45, 2.75) is 38.4 Å². The fraction of sp³-hybridized carbons (Fsp3) is 0.167. The number of aliphatic carboxylic acids is 2. The van der Waals surface area contributed by atoms with Crippen LogP contribution in [0.5, 0.6) is 11.5 Å². The summed E-state index contributed by atoms with van der Waals surface area (Å²) < 4.78 is 117. The second-order valence-electron chi connectivity index (χ2n) is 11.6. The summed E-state index contributed by atoms with van der Waals surface area (Å²) in [6, 6.07) is 13.6. The van der Waals surface area contributed by atoms with Crippen molar-refractivity contribution in [1.29, 1.82) is 0 Å². The summed E-state index contributed by atoms with van der Waals surface area (Å²) in [5.41, 5.74) is -0.208. The predicted molar refractivity (Wildman–Crippen MR) is 175 cm³/mol. The van der Waals surface area contributed by atoms with E-state index in [2.05, 4.69) is 0 Å². The number of carboxylic acids is 2. The van der Waals surface area contributed by atoms with Gasteiger partial charge >= 0.3 is 24.3 Å². The van der Waals surface area contributed by atoms with E-state index in [-0.39, 0.29) is 54.9 Å². The number of fused-ring (bicyclic) bond motifs is 2. The molecule has 0 saturated carbocycles. The van der Waals surface area contributed by atoms with Gasteiger partial charge in [-0.05, 0) is 84.7 Å². The lowest BCUT2D eigenvalue weighted by Crippen LogP contribution is -2.40. The molecule has 6 rings (SSSR count). The Kier molecular flexibility index (Phi) is 10.4. The number of rotatable bonds is 4. The molecule has 4 aromatic rings. The highest BCUT2D eigenvalue weighted by atomic mass is 35.5. The smallest absolute Gasteiger partial charge is 0.430 e. The van der Waals surface area contributed by atoms with E-state index in [1.54, 1.807) is 13.8 Å². The number of benzene rings is 4. The Morgan fingerprint density at radius 3 is 1.25 bits per heavy atom. The number of hydrogen-bond donors (Lipinski definition) is 2. The lowest BCUT2D eigenvalue weighted by molar-refractivity contribution is -0.187. The first-order chi connectivity index (χ1) is 24.1. The average Bonchev–Trinajstić information content (AvgIpc) is 3.04. The van der Waals surface area contributed by atoms with Crippen molar-refractivity contribution >= 4 is 47.3 Å². The van der Waals surface area contributed by atoms with E-state index in [0.29, 0.717) is 11.1 Å². The van der Waals surface area contributed by atoms with Crippen LogP contribution in [0.1, 0.15) is 22.3 Å². The summed E-state index contributed by atoms with van der Waals surface area (Å²) >= 11 is 12.0. The minimum Gasteiger partial charge on any atom is -0.478 e. The number of ether oxygens (including phenoxy) is 2. The summed E-state index contributed by atoms with van der Waals surface area (Å²) in [5, 5.41) is 18.5. The standard InChI is InChI=1S/2C18H11ClF4O3/c2*1-8-2-3-9(6-14(8)20)12-7-11(19)4-10-5-13(17(24)25)16(18(21,22)23)26-15(10)12/h2*2-7,16H,1H3,(H,24,25)/t16-;/m0./s1. The summed E-state index contributed by atoms with van der Waals surface area (Å²) in [7, 11) is 0. The quantitative estimate of drug-likeness (QED) is 0.201. The van der Waals surface area contributed by atoms with Gasteiger partial charge in [-0.2, -0.15) is 26.3 Å². The van der Waals surface area contributed by atoms with Gasteiger partial charge in [0.1, 0.15) is 23.1 Å². The molecule has 0 radical (unpaired) electrons. The van der Waals surface area contributed by atoms with Crippen molar-refractivity contribution in [3.8, 4) is 33.8 Å². The first-order valence-corrected chi connectivity index (χ1v) is 15.5. The van der Waals surface area contributed by atoms with Crippen molar-refractivity contribution in [3.05, 3.63) is 116 Å². The van der Waals surface area contributed by atoms with Gasteiger partial charge < -0.3 is 19.7 Å². The molecule has 0 bridgehead atoms. The second kappa shape index (κ2) is 14.2. The summed E-state index contributed by atoms with van der Waals surface area (Å²) in [4.78, 5) is 22.4. The zero-order valence-electron chi connectivity index (χ0n) is 26.4. The maximum absolute atomic E-state index is 13.9. The lowest BCUT2D eigenvalue weighted by Gasteiger charge is -2.28. The van der Waals surface area contributed by atoms with E-state index < -0.39 is 59.3 Å². The maximum atomic E-state index is 13.9. The van der Waals surface area contributed by atoms with Crippen molar-refractivity contribution in [3.63, 3.8) is 0 Å². The van der Waals surface area contributed by atoms with E-state index in [4.69, 9.17) is 42.9 Å². The van der Waals surface area contributed by atoms with E-state index >= 15 is 0 Å². The van der Waals surface area contributed by atoms with Gasteiger partial charge in [0.25, 0.3) is 0 Å². The van der Waals surface area contributed by atoms with E-state index in [1.165, 1.54) is 48.5 Å². The van der Waals surface area contributed by atoms with Crippen LogP contribution >= 0.6 is 23.2 Å². The molecular weight excluding hydrogens is 751 g/mol. The topological polar surface area (TPSA) is 93.1 Å². The molecule has 0 saturated heterocycles. The molecule has 2 N–H and O–H groups in total. The van der Waals surface area contributed by atoms with Gasteiger partial charge in [-0.1, -0.05) is 47.5 Å². The molecule has 0 aromatic heterocycles. The minimum absolute atomic E-state index is 0.0754. The number of carbonyl (C=O) groups is 2. The van der Waals surface area contributed by atoms with Crippen molar-refractivity contribution in [1.82, 2.24) is 0 Å². The van der Waals surface area contributed by atoms with Crippen LogP contribution < -0.4 is 9.47 Å². The van der Waals surface area contributed by atoms with Gasteiger partial charge in [-0.25, -0.2) is 18.4 Å². The Bertz CT molecular complexity index is 2020. The van der Waals surface area contributed by atoms with Crippen LogP contribution in [0.15, 0.2) is 71.8 Å². The van der Waals surface area contributed by atoms with Gasteiger partial charge in [0.15, 0.2) is 0 Å². The van der Waals surface area contributed by atoms with Crippen LogP contribution in [0, 0.1) is 25.5 Å². The molecule has 0 fully saturated rings. The molecule has 0 aliphatic carbocycles. The fourth-order valence-corrected chi connectivity index (χ4v) is 5.79. The molecule has 2 aliphatic heterocycles. The molecule has 2 heterocycles. The van der Waals surface area contributed by atoms with Crippen LogP contribution in [0.2, 0.25) is 10.0 Å². The number of aryl methyl sites for hydroxylation is 2. The molecular formula is C36H22Cl2F8O6. The highest BCUT2D eigenvalue weighted by Gasteiger charge is 2.50. The van der Waals surface area contributed by atoms with Crippen LogP contribution in [0.25, 0.3) is 34.4 Å². The van der Waals surface area contributed by atoms with Gasteiger partial charge in [0.2, 0.25) is 12.2 Å². The molecule has 2 aliphatic rings. The zero-order chi connectivity index (χ0) is 38.4. The first-order valence-electron chi connectivity index (χ1n) is 14.7. The highest BCUT2D eigenvalue weighted by molar-refractivity contribution is 6.31. The summed E-state index contributed by atoms with van der Waals surface area (Å²) in [6.07, 6.45) is -13.4. The molecule has 0 amide bonds. The van der Waals surface area contributed by atoms with Crippen molar-refractivity contribution in [2.75, 3.05) is 0 Å². The van der Waals surface area contributed by atoms with Crippen molar-refractivity contribution in [2.24, 2.45) is 0 Å². The van der Waals surface area contributed by atoms with E-state index in [0.717, 1.165) is 24.3 Å². The average molecular weight is 773 g/mol. The fourth-order valence-electron chi connectivity index (χ4n) is 5.34. The molecule has 6 nitrogen and oxygen atoms in total. The Labute approximate surface area is 299 Å². The normalized spacial score (nSPS) is 16.5. The van der Waals surface area contributed by atoms with Crippen LogP contribution in [-0.2, 0) is 9.59 Å². The third-order valence-corrected chi connectivity index (χ3v) is 8.31. The van der Waals surface area contributed by atoms with Crippen LogP contribution in [0.4, 0.5) is 35.1 Å². The molecule has 4 aromatic carbocycles. The van der Waals surface area contributed by atoms with E-state index in [1.807, 2.05) is 0 Å². The molecule has 272 valence electrons. The van der Waals surface area contributed by atoms with E-state index in [9.17, 15) is 44.7 Å². The largest absolute Gasteiger partial charge is 0.478 e. The summed E-state index contributed by atoms with van der Waals surface area (Å²) in [5.74, 6) is -4.99. The highest BCUT2D eigenvalue weighted by Crippen LogP contribution is 2.46. The maximum Gasteiger partial charge on any atom is 0.430 e. The Hall–Kier alpha value is -5.08. The Morgan fingerprint density at radius 2 is 0.962 bits per heavy atom. The summed E-state index contributed by atoms with van der Waals surface area (Å²) in [6.45, 7) is 3.09. The second-order valence-corrected chi connectivity index (χ2v) is 12.4. The van der Waals surface area contributed by atoms with Crippen LogP contribution in [-0.4, -0.2) is 46.7 Å². The third kappa shape index (κ3) is 7.87. The monoisotopic (exact) mass is 772 g/mol. The van der Waals surface area contributed by atoms with Gasteiger partial charge in [0, 0.05) is 32.3 Å². The Balaban J connectivity index is 0.000000201. The third-order valence-electron chi connectivity index (χ3n) is 7.88. The first kappa shape index (κ1) is 38.2. The number of carboxylic acid groups (broad SMARTS) is 2. The number of alkyl halides is 6. The molecule has 1 unspecified atom stereocenters. The lowest BCUT2D eigenvalue weighted by atomic mass is 9.95. The van der Waals surface area contributed by atoms with Crippen molar-refractivity contribution < 1.29 is 64.4 Å². The minimum atomic E-state index is -4.93. The number of hydrogen-bond acceptors (Lipinski definition) is 4. The zero-order valence-corrected chi connectivity index (χ0v) is 27.9. The Morgan fingerprint density at radius 1 is 0.615 bits per heavy atom. The molecule has 2 atom stereocenters. The molecule has 0 spiro atoms. The van der Waals surface area contributed by atoms with Crippen LogP contribution in [0.3, 0.4) is 0 Å². The number of halogens is 10. The van der Waals surface area contributed by atoms with Gasteiger partial charge in [0.05, 0.1) is 11.1 Å². The van der Waals surface area contributed by atoms with Gasteiger partial charge in [-0.3, -0.25) is 0 Å². The van der Waals surface area contributed by atoms with Gasteiger partial charge in [-0.15, -0.1) is 0 Å².